The first kappa shape index (κ1) is 16.5. The lowest BCUT2D eigenvalue weighted by Gasteiger charge is -2.34. The summed E-state index contributed by atoms with van der Waals surface area (Å²) in [6, 6.07) is 19.9. The third-order valence-electron chi connectivity index (χ3n) is 4.74. The van der Waals surface area contributed by atoms with Crippen LogP contribution in [0.15, 0.2) is 66.9 Å². The standard InChI is InChI=1S/C21H22N4O/c26-21(23-19-7-2-1-3-8-19)25-12-10-24(11-13-25)16-17-14-18-6-4-5-9-20(18)22-15-17/h1-9,14-15H,10-13,16H2,(H,23,26). The van der Waals surface area contributed by atoms with Crippen LogP contribution in [0.2, 0.25) is 0 Å². The minimum atomic E-state index is -0.0248. The van der Waals surface area contributed by atoms with Gasteiger partial charge in [-0.1, -0.05) is 36.4 Å². The molecule has 0 aliphatic carbocycles. The molecule has 2 amide bonds. The van der Waals surface area contributed by atoms with Gasteiger partial charge in [0.05, 0.1) is 5.52 Å². The first-order valence-corrected chi connectivity index (χ1v) is 8.95. The number of piperazine rings is 1. The molecule has 0 saturated carbocycles. The Morgan fingerprint density at radius 1 is 0.962 bits per heavy atom. The number of carbonyl (C=O) groups excluding carboxylic acids is 1. The van der Waals surface area contributed by atoms with E-state index in [1.165, 1.54) is 10.9 Å². The summed E-state index contributed by atoms with van der Waals surface area (Å²) in [6.45, 7) is 4.08. The fraction of sp³-hybridized carbons (Fsp3) is 0.238. The first-order valence-electron chi connectivity index (χ1n) is 8.95. The second-order valence-corrected chi connectivity index (χ2v) is 6.60. The average molecular weight is 346 g/mol. The average Bonchev–Trinajstić information content (AvgIpc) is 2.69. The van der Waals surface area contributed by atoms with Gasteiger partial charge in [-0.05, 0) is 29.8 Å². The van der Waals surface area contributed by atoms with E-state index >= 15 is 0 Å². The van der Waals surface area contributed by atoms with Crippen LogP contribution in [0.3, 0.4) is 0 Å². The topological polar surface area (TPSA) is 48.5 Å². The number of hydrogen-bond acceptors (Lipinski definition) is 3. The van der Waals surface area contributed by atoms with E-state index in [9.17, 15) is 4.79 Å². The van der Waals surface area contributed by atoms with Crippen molar-refractivity contribution in [2.45, 2.75) is 6.54 Å². The molecule has 0 atom stereocenters. The maximum atomic E-state index is 12.4. The highest BCUT2D eigenvalue weighted by Crippen LogP contribution is 2.15. The highest BCUT2D eigenvalue weighted by molar-refractivity contribution is 5.89. The Bertz CT molecular complexity index is 889. The fourth-order valence-electron chi connectivity index (χ4n) is 3.29. The number of pyridine rings is 1. The summed E-state index contributed by atoms with van der Waals surface area (Å²) >= 11 is 0. The summed E-state index contributed by atoms with van der Waals surface area (Å²) in [4.78, 5) is 21.2. The van der Waals surface area contributed by atoms with Gasteiger partial charge in [0, 0.05) is 50.0 Å². The molecule has 4 rings (SSSR count). The SMILES string of the molecule is O=C(Nc1ccccc1)N1CCN(Cc2cnc3ccccc3c2)CC1. The Morgan fingerprint density at radius 3 is 2.50 bits per heavy atom. The molecule has 5 heteroatoms. The summed E-state index contributed by atoms with van der Waals surface area (Å²) in [6.07, 6.45) is 1.96. The van der Waals surface area contributed by atoms with Crippen molar-refractivity contribution in [2.24, 2.45) is 0 Å². The number of carbonyl (C=O) groups is 1. The smallest absolute Gasteiger partial charge is 0.321 e. The molecule has 0 unspecified atom stereocenters. The maximum absolute atomic E-state index is 12.4. The molecule has 3 aromatic rings. The van der Waals surface area contributed by atoms with Gasteiger partial charge in [-0.15, -0.1) is 0 Å². The second kappa shape index (κ2) is 7.54. The highest BCUT2D eigenvalue weighted by Gasteiger charge is 2.21. The van der Waals surface area contributed by atoms with E-state index < -0.39 is 0 Å². The largest absolute Gasteiger partial charge is 0.322 e. The van der Waals surface area contributed by atoms with Crippen LogP contribution in [-0.4, -0.2) is 47.0 Å². The Morgan fingerprint density at radius 2 is 1.69 bits per heavy atom. The number of nitrogens with one attached hydrogen (secondary N) is 1. The molecule has 0 radical (unpaired) electrons. The van der Waals surface area contributed by atoms with E-state index in [1.807, 2.05) is 59.6 Å². The molecule has 0 spiro atoms. The van der Waals surface area contributed by atoms with Gasteiger partial charge < -0.3 is 10.2 Å². The number of rotatable bonds is 3. The Labute approximate surface area is 153 Å². The number of nitrogens with zero attached hydrogens (tertiary/aromatic N) is 3. The molecule has 0 bridgehead atoms. The number of urea groups is 1. The molecule has 1 N–H and O–H groups in total. The number of amides is 2. The monoisotopic (exact) mass is 346 g/mol. The lowest BCUT2D eigenvalue weighted by atomic mass is 10.1. The van der Waals surface area contributed by atoms with Crippen LogP contribution in [0, 0.1) is 0 Å². The highest BCUT2D eigenvalue weighted by atomic mass is 16.2. The van der Waals surface area contributed by atoms with Gasteiger partial charge in [-0.25, -0.2) is 4.79 Å². The number of hydrogen-bond donors (Lipinski definition) is 1. The van der Waals surface area contributed by atoms with Gasteiger partial charge in [0.1, 0.15) is 0 Å². The van der Waals surface area contributed by atoms with E-state index in [0.29, 0.717) is 0 Å². The zero-order valence-electron chi connectivity index (χ0n) is 14.6. The number of aromatic nitrogens is 1. The van der Waals surface area contributed by atoms with Crippen LogP contribution < -0.4 is 5.32 Å². The molecule has 1 saturated heterocycles. The molecule has 2 aromatic carbocycles. The summed E-state index contributed by atoms with van der Waals surface area (Å²) in [5, 5.41) is 4.13. The summed E-state index contributed by atoms with van der Waals surface area (Å²) in [5.41, 5.74) is 3.08. The first-order chi connectivity index (χ1) is 12.8. The molecule has 2 heterocycles. The van der Waals surface area contributed by atoms with Crippen molar-refractivity contribution < 1.29 is 4.79 Å². The van der Waals surface area contributed by atoms with Crippen molar-refractivity contribution in [1.29, 1.82) is 0 Å². The zero-order chi connectivity index (χ0) is 17.8. The molecule has 1 aliphatic rings. The fourth-order valence-corrected chi connectivity index (χ4v) is 3.29. The van der Waals surface area contributed by atoms with Gasteiger partial charge in [0.15, 0.2) is 0 Å². The Hall–Kier alpha value is -2.92. The predicted molar refractivity (Wildman–Crippen MR) is 104 cm³/mol. The van der Waals surface area contributed by atoms with Crippen molar-refractivity contribution in [2.75, 3.05) is 31.5 Å². The number of para-hydroxylation sites is 2. The van der Waals surface area contributed by atoms with E-state index in [1.54, 1.807) is 0 Å². The van der Waals surface area contributed by atoms with Crippen LogP contribution in [0.25, 0.3) is 10.9 Å². The van der Waals surface area contributed by atoms with Crippen LogP contribution in [-0.2, 0) is 6.54 Å². The van der Waals surface area contributed by atoms with Crippen LogP contribution >= 0.6 is 0 Å². The Kier molecular flexibility index (Phi) is 4.80. The Balaban J connectivity index is 1.32. The van der Waals surface area contributed by atoms with Gasteiger partial charge in [-0.2, -0.15) is 0 Å². The molecule has 26 heavy (non-hydrogen) atoms. The van der Waals surface area contributed by atoms with E-state index in [4.69, 9.17) is 0 Å². The number of fused-ring (bicyclic) bond motifs is 1. The minimum Gasteiger partial charge on any atom is -0.322 e. The number of benzene rings is 2. The van der Waals surface area contributed by atoms with Crippen LogP contribution in [0.1, 0.15) is 5.56 Å². The van der Waals surface area contributed by atoms with Crippen molar-refractivity contribution in [3.8, 4) is 0 Å². The van der Waals surface area contributed by atoms with Crippen molar-refractivity contribution in [3.63, 3.8) is 0 Å². The van der Waals surface area contributed by atoms with Crippen molar-refractivity contribution in [3.05, 3.63) is 72.4 Å². The molecule has 1 fully saturated rings. The summed E-state index contributed by atoms with van der Waals surface area (Å²) in [7, 11) is 0. The van der Waals surface area contributed by atoms with Gasteiger partial charge in [0.2, 0.25) is 0 Å². The molecule has 1 aromatic heterocycles. The molecule has 132 valence electrons. The zero-order valence-corrected chi connectivity index (χ0v) is 14.6. The molecular weight excluding hydrogens is 324 g/mol. The number of anilines is 1. The van der Waals surface area contributed by atoms with Gasteiger partial charge in [0.25, 0.3) is 0 Å². The van der Waals surface area contributed by atoms with Crippen molar-refractivity contribution >= 4 is 22.6 Å². The molecule has 1 aliphatic heterocycles. The summed E-state index contributed by atoms with van der Waals surface area (Å²) < 4.78 is 0. The lowest BCUT2D eigenvalue weighted by molar-refractivity contribution is 0.143. The van der Waals surface area contributed by atoms with E-state index in [0.717, 1.165) is 43.9 Å². The van der Waals surface area contributed by atoms with E-state index in [2.05, 4.69) is 27.3 Å². The van der Waals surface area contributed by atoms with Gasteiger partial charge >= 0.3 is 6.03 Å². The molecule has 5 nitrogen and oxygen atoms in total. The normalized spacial score (nSPS) is 15.2. The van der Waals surface area contributed by atoms with Crippen LogP contribution in [0.5, 0.6) is 0 Å². The lowest BCUT2D eigenvalue weighted by Crippen LogP contribution is -2.49. The van der Waals surface area contributed by atoms with Crippen LogP contribution in [0.4, 0.5) is 10.5 Å². The quantitative estimate of drug-likeness (QED) is 0.788. The van der Waals surface area contributed by atoms with Crippen molar-refractivity contribution in [1.82, 2.24) is 14.8 Å². The van der Waals surface area contributed by atoms with Gasteiger partial charge in [-0.3, -0.25) is 9.88 Å². The summed E-state index contributed by atoms with van der Waals surface area (Å²) in [5.74, 6) is 0. The minimum absolute atomic E-state index is 0.0248. The maximum Gasteiger partial charge on any atom is 0.321 e. The third kappa shape index (κ3) is 3.83. The third-order valence-corrected chi connectivity index (χ3v) is 4.74. The molecular formula is C21H22N4O. The van der Waals surface area contributed by atoms with E-state index in [-0.39, 0.29) is 6.03 Å². The second-order valence-electron chi connectivity index (χ2n) is 6.60. The predicted octanol–water partition coefficient (Wildman–Crippen LogP) is 3.58.